The summed E-state index contributed by atoms with van der Waals surface area (Å²) in [6.07, 6.45) is -0.582. The summed E-state index contributed by atoms with van der Waals surface area (Å²) >= 11 is 0. The molecule has 0 radical (unpaired) electrons. The Morgan fingerprint density at radius 3 is 2.48 bits per heavy atom. The Balaban J connectivity index is 2.60. The summed E-state index contributed by atoms with van der Waals surface area (Å²) in [5.41, 5.74) is 0.818. The van der Waals surface area contributed by atoms with Crippen molar-refractivity contribution in [2.45, 2.75) is 26.1 Å². The lowest BCUT2D eigenvalue weighted by Crippen LogP contribution is -2.36. The van der Waals surface area contributed by atoms with Gasteiger partial charge in [-0.1, -0.05) is 6.92 Å². The van der Waals surface area contributed by atoms with E-state index in [1.54, 1.807) is 19.5 Å². The maximum absolute atomic E-state index is 12.5. The van der Waals surface area contributed by atoms with E-state index in [-0.39, 0.29) is 12.5 Å². The van der Waals surface area contributed by atoms with Crippen LogP contribution >= 0.6 is 0 Å². The average molecular weight is 306 g/mol. The smallest absolute Gasteiger partial charge is 0.383 e. The van der Waals surface area contributed by atoms with Crippen molar-refractivity contribution in [3.05, 3.63) is 18.0 Å². The molecule has 1 aromatic rings. The van der Waals surface area contributed by atoms with Crippen LogP contribution in [-0.4, -0.2) is 49.5 Å². The highest BCUT2D eigenvalue weighted by molar-refractivity contribution is 5.30. The summed E-state index contributed by atoms with van der Waals surface area (Å²) in [6, 6.07) is 0. The minimum Gasteiger partial charge on any atom is -0.383 e. The van der Waals surface area contributed by atoms with E-state index >= 15 is 0 Å². The first-order valence-corrected chi connectivity index (χ1v) is 6.78. The van der Waals surface area contributed by atoms with Gasteiger partial charge in [0.15, 0.2) is 0 Å². The highest BCUT2D eigenvalue weighted by Crippen LogP contribution is 2.19. The summed E-state index contributed by atoms with van der Waals surface area (Å²) in [7, 11) is 1.61. The quantitative estimate of drug-likeness (QED) is 0.707. The summed E-state index contributed by atoms with van der Waals surface area (Å²) in [5, 5.41) is 3.12. The largest absolute Gasteiger partial charge is 0.406 e. The molecule has 0 spiro atoms. The topological polar surface area (TPSA) is 50.3 Å². The molecule has 0 aromatic carbocycles. The van der Waals surface area contributed by atoms with Gasteiger partial charge in [-0.15, -0.1) is 0 Å². The third-order valence-electron chi connectivity index (χ3n) is 2.65. The summed E-state index contributed by atoms with van der Waals surface area (Å²) in [5.74, 6) is 0.106. The molecular weight excluding hydrogens is 285 g/mol. The minimum atomic E-state index is -4.26. The number of hydrogen-bond donors (Lipinski definition) is 1. The summed E-state index contributed by atoms with van der Waals surface area (Å²) in [6.45, 7) is 2.88. The van der Waals surface area contributed by atoms with Crippen LogP contribution in [0.3, 0.4) is 0 Å². The molecule has 1 heterocycles. The van der Waals surface area contributed by atoms with Gasteiger partial charge >= 0.3 is 6.18 Å². The van der Waals surface area contributed by atoms with Gasteiger partial charge in [-0.3, -0.25) is 0 Å². The number of nitrogens with zero attached hydrogens (tertiary/aromatic N) is 3. The van der Waals surface area contributed by atoms with Crippen molar-refractivity contribution in [2.75, 3.05) is 38.3 Å². The number of aromatic nitrogens is 2. The molecule has 8 heteroatoms. The zero-order valence-electron chi connectivity index (χ0n) is 12.3. The number of methoxy groups -OCH3 is 1. The van der Waals surface area contributed by atoms with Crippen molar-refractivity contribution in [3.8, 4) is 0 Å². The standard InChI is InChI=1S/C13H21F3N4O/c1-3-5-20(10-13(14,15)16)12-18-8-11(9-19-12)7-17-4-6-21-2/h8-9,17H,3-7,10H2,1-2H3. The van der Waals surface area contributed by atoms with Crippen LogP contribution in [0, 0.1) is 0 Å². The number of alkyl halides is 3. The van der Waals surface area contributed by atoms with E-state index in [2.05, 4.69) is 15.3 Å². The lowest BCUT2D eigenvalue weighted by atomic mass is 10.3. The Kier molecular flexibility index (Phi) is 7.38. The van der Waals surface area contributed by atoms with E-state index in [1.165, 1.54) is 0 Å². The third kappa shape index (κ3) is 7.24. The summed E-state index contributed by atoms with van der Waals surface area (Å²) in [4.78, 5) is 9.19. The van der Waals surface area contributed by atoms with Gasteiger partial charge in [0.05, 0.1) is 6.61 Å². The first kappa shape index (κ1) is 17.6. The van der Waals surface area contributed by atoms with Crippen LogP contribution in [0.1, 0.15) is 18.9 Å². The zero-order chi connectivity index (χ0) is 15.7. The van der Waals surface area contributed by atoms with Crippen LogP contribution in [0.25, 0.3) is 0 Å². The van der Waals surface area contributed by atoms with Crippen molar-refractivity contribution in [2.24, 2.45) is 0 Å². The van der Waals surface area contributed by atoms with Crippen LogP contribution in [0.15, 0.2) is 12.4 Å². The molecule has 0 unspecified atom stereocenters. The van der Waals surface area contributed by atoms with Gasteiger partial charge < -0.3 is 15.0 Å². The minimum absolute atomic E-state index is 0.106. The Morgan fingerprint density at radius 1 is 1.29 bits per heavy atom. The van der Waals surface area contributed by atoms with Crippen LogP contribution < -0.4 is 10.2 Å². The van der Waals surface area contributed by atoms with Gasteiger partial charge in [0.25, 0.3) is 0 Å². The molecule has 0 bridgehead atoms. The molecule has 21 heavy (non-hydrogen) atoms. The second kappa shape index (κ2) is 8.78. The van der Waals surface area contributed by atoms with Crippen LogP contribution in [-0.2, 0) is 11.3 Å². The maximum atomic E-state index is 12.5. The van der Waals surface area contributed by atoms with Gasteiger partial charge in [0, 0.05) is 44.7 Å². The molecule has 0 saturated heterocycles. The second-order valence-electron chi connectivity index (χ2n) is 4.60. The van der Waals surface area contributed by atoms with Crippen molar-refractivity contribution in [3.63, 3.8) is 0 Å². The number of nitrogens with one attached hydrogen (secondary N) is 1. The fourth-order valence-corrected chi connectivity index (χ4v) is 1.75. The molecule has 1 aromatic heterocycles. The number of anilines is 1. The second-order valence-corrected chi connectivity index (χ2v) is 4.60. The predicted molar refractivity (Wildman–Crippen MR) is 74.2 cm³/mol. The lowest BCUT2D eigenvalue weighted by molar-refractivity contribution is -0.119. The van der Waals surface area contributed by atoms with E-state index in [0.717, 1.165) is 10.5 Å². The molecule has 120 valence electrons. The number of hydrogen-bond acceptors (Lipinski definition) is 5. The van der Waals surface area contributed by atoms with Crippen molar-refractivity contribution in [1.29, 1.82) is 0 Å². The van der Waals surface area contributed by atoms with E-state index in [9.17, 15) is 13.2 Å². The maximum Gasteiger partial charge on any atom is 0.406 e. The Bertz CT molecular complexity index is 397. The van der Waals surface area contributed by atoms with Crippen LogP contribution in [0.2, 0.25) is 0 Å². The van der Waals surface area contributed by atoms with Crippen molar-refractivity contribution < 1.29 is 17.9 Å². The van der Waals surface area contributed by atoms with Crippen molar-refractivity contribution >= 4 is 5.95 Å². The predicted octanol–water partition coefficient (Wildman–Crippen LogP) is 1.99. The van der Waals surface area contributed by atoms with Crippen LogP contribution in [0.5, 0.6) is 0 Å². The molecule has 5 nitrogen and oxygen atoms in total. The molecule has 0 atom stereocenters. The zero-order valence-corrected chi connectivity index (χ0v) is 12.3. The van der Waals surface area contributed by atoms with Gasteiger partial charge in [-0.25, -0.2) is 9.97 Å². The van der Waals surface area contributed by atoms with Gasteiger partial charge in [0.1, 0.15) is 6.54 Å². The highest BCUT2D eigenvalue weighted by Gasteiger charge is 2.31. The fourth-order valence-electron chi connectivity index (χ4n) is 1.75. The van der Waals surface area contributed by atoms with Crippen LogP contribution in [0.4, 0.5) is 19.1 Å². The van der Waals surface area contributed by atoms with E-state index in [0.29, 0.717) is 26.1 Å². The Labute approximate surface area is 122 Å². The number of ether oxygens (including phenoxy) is 1. The van der Waals surface area contributed by atoms with Crippen molar-refractivity contribution in [1.82, 2.24) is 15.3 Å². The van der Waals surface area contributed by atoms with Gasteiger partial charge in [0.2, 0.25) is 5.95 Å². The van der Waals surface area contributed by atoms with Gasteiger partial charge in [-0.05, 0) is 6.42 Å². The third-order valence-corrected chi connectivity index (χ3v) is 2.65. The molecule has 0 aliphatic carbocycles. The molecule has 0 fully saturated rings. The lowest BCUT2D eigenvalue weighted by Gasteiger charge is -2.23. The number of rotatable bonds is 9. The van der Waals surface area contributed by atoms with E-state index < -0.39 is 12.7 Å². The molecule has 1 rings (SSSR count). The Morgan fingerprint density at radius 2 is 1.95 bits per heavy atom. The summed E-state index contributed by atoms with van der Waals surface area (Å²) < 4.78 is 42.4. The first-order chi connectivity index (χ1) is 9.96. The first-order valence-electron chi connectivity index (χ1n) is 6.78. The average Bonchev–Trinajstić information content (AvgIpc) is 2.42. The monoisotopic (exact) mass is 306 g/mol. The molecule has 1 N–H and O–H groups in total. The molecule has 0 amide bonds. The molecule has 0 saturated carbocycles. The number of halogens is 3. The Hall–Kier alpha value is -1.41. The van der Waals surface area contributed by atoms with E-state index in [1.807, 2.05) is 6.92 Å². The highest BCUT2D eigenvalue weighted by atomic mass is 19.4. The normalized spacial score (nSPS) is 11.7. The molecular formula is C13H21F3N4O. The SMILES string of the molecule is CCCN(CC(F)(F)F)c1ncc(CNCCOC)cn1. The van der Waals surface area contributed by atoms with E-state index in [4.69, 9.17) is 4.74 Å². The molecule has 0 aliphatic rings. The molecule has 0 aliphatic heterocycles. The fraction of sp³-hybridized carbons (Fsp3) is 0.692. The van der Waals surface area contributed by atoms with Gasteiger partial charge in [-0.2, -0.15) is 13.2 Å².